The summed E-state index contributed by atoms with van der Waals surface area (Å²) in [5.41, 5.74) is 8.61. The fourth-order valence-electron chi connectivity index (χ4n) is 3.38. The van der Waals surface area contributed by atoms with E-state index in [0.717, 1.165) is 5.56 Å². The predicted molar refractivity (Wildman–Crippen MR) is 118 cm³/mol. The van der Waals surface area contributed by atoms with Gasteiger partial charge in [-0.3, -0.25) is 4.79 Å². The summed E-state index contributed by atoms with van der Waals surface area (Å²) in [6.45, 7) is -4.50. The van der Waals surface area contributed by atoms with Crippen molar-refractivity contribution in [2.75, 3.05) is 25.5 Å². The lowest BCUT2D eigenvalue weighted by atomic mass is 9.96. The topological polar surface area (TPSA) is 110 Å². The standard InChI is InChI=1S/C24H26N4O3/c25-23-22(27-20(14-26-23)17-10-12-31-13-11-17)18-6-8-19(9-7-18)24(30)28-21(15-29)16-4-2-1-3-5-16/h1-9,14,17,21,29H,10-13,15H2,(H2,25,26)(H,28,30)/t21-/m1/s1/i12D2,13D2. The van der Waals surface area contributed by atoms with Crippen LogP contribution in [0.5, 0.6) is 0 Å². The van der Waals surface area contributed by atoms with Crippen molar-refractivity contribution in [3.63, 3.8) is 0 Å². The van der Waals surface area contributed by atoms with Gasteiger partial charge in [-0.15, -0.1) is 0 Å². The second-order valence-electron chi connectivity index (χ2n) is 7.22. The Morgan fingerprint density at radius 1 is 1.19 bits per heavy atom. The van der Waals surface area contributed by atoms with E-state index in [-0.39, 0.29) is 31.2 Å². The van der Waals surface area contributed by atoms with E-state index in [1.165, 1.54) is 6.20 Å². The van der Waals surface area contributed by atoms with E-state index < -0.39 is 25.1 Å². The summed E-state index contributed by atoms with van der Waals surface area (Å²) in [7, 11) is 0. The van der Waals surface area contributed by atoms with Crippen molar-refractivity contribution < 1.29 is 20.1 Å². The van der Waals surface area contributed by atoms with Gasteiger partial charge >= 0.3 is 0 Å². The molecule has 0 spiro atoms. The number of aliphatic hydroxyl groups excluding tert-OH is 1. The number of carbonyl (C=O) groups is 1. The number of nitrogens with one attached hydrogen (secondary N) is 1. The number of hydrogen-bond donors (Lipinski definition) is 3. The molecule has 1 aliphatic heterocycles. The molecule has 0 aliphatic carbocycles. The lowest BCUT2D eigenvalue weighted by Crippen LogP contribution is -2.30. The molecule has 7 nitrogen and oxygen atoms in total. The van der Waals surface area contributed by atoms with E-state index in [4.69, 9.17) is 16.0 Å². The lowest BCUT2D eigenvalue weighted by molar-refractivity contribution is 0.0844. The van der Waals surface area contributed by atoms with Crippen molar-refractivity contribution >= 4 is 11.7 Å². The van der Waals surface area contributed by atoms with Crippen LogP contribution in [0, 0.1) is 0 Å². The van der Waals surface area contributed by atoms with Gasteiger partial charge in [0.05, 0.1) is 30.0 Å². The Morgan fingerprint density at radius 3 is 2.58 bits per heavy atom. The third-order valence-corrected chi connectivity index (χ3v) is 5.15. The number of carbonyl (C=O) groups excluding carboxylic acids is 1. The number of rotatable bonds is 6. The predicted octanol–water partition coefficient (Wildman–Crippen LogP) is 3.08. The maximum atomic E-state index is 12.7. The van der Waals surface area contributed by atoms with E-state index in [2.05, 4.69) is 15.3 Å². The molecule has 31 heavy (non-hydrogen) atoms. The van der Waals surface area contributed by atoms with Gasteiger partial charge in [-0.1, -0.05) is 42.5 Å². The van der Waals surface area contributed by atoms with Crippen molar-refractivity contribution in [3.8, 4) is 11.3 Å². The van der Waals surface area contributed by atoms with Gasteiger partial charge < -0.3 is 20.9 Å². The quantitative estimate of drug-likeness (QED) is 0.563. The van der Waals surface area contributed by atoms with Crippen LogP contribution >= 0.6 is 0 Å². The Bertz CT molecular complexity index is 1180. The van der Waals surface area contributed by atoms with E-state index >= 15 is 0 Å². The van der Waals surface area contributed by atoms with Crippen molar-refractivity contribution in [2.24, 2.45) is 0 Å². The number of benzene rings is 2. The number of nitrogen functional groups attached to an aromatic ring is 1. The highest BCUT2D eigenvalue weighted by molar-refractivity contribution is 5.95. The minimum absolute atomic E-state index is 0.0584. The minimum atomic E-state index is -2.13. The molecule has 0 unspecified atom stereocenters. The number of ether oxygens (including phenoxy) is 1. The van der Waals surface area contributed by atoms with Gasteiger partial charge in [-0.2, -0.15) is 0 Å². The first-order valence-electron chi connectivity index (χ1n) is 12.0. The molecule has 2 heterocycles. The van der Waals surface area contributed by atoms with Gasteiger partial charge in [0.1, 0.15) is 11.5 Å². The summed E-state index contributed by atoms with van der Waals surface area (Å²) >= 11 is 0. The second-order valence-corrected chi connectivity index (χ2v) is 7.22. The second kappa shape index (κ2) is 9.68. The van der Waals surface area contributed by atoms with Crippen LogP contribution in [0.15, 0.2) is 60.8 Å². The molecule has 1 atom stereocenters. The third kappa shape index (κ3) is 4.90. The highest BCUT2D eigenvalue weighted by Crippen LogP contribution is 2.29. The Balaban J connectivity index is 1.54. The Labute approximate surface area is 186 Å². The average Bonchev–Trinajstić information content (AvgIpc) is 2.81. The number of aliphatic hydroxyl groups is 1. The van der Waals surface area contributed by atoms with Crippen LogP contribution in [0.2, 0.25) is 0 Å². The average molecular weight is 423 g/mol. The van der Waals surface area contributed by atoms with E-state index in [9.17, 15) is 9.90 Å². The van der Waals surface area contributed by atoms with Crippen LogP contribution in [-0.4, -0.2) is 40.7 Å². The maximum absolute atomic E-state index is 12.7. The van der Waals surface area contributed by atoms with Crippen molar-refractivity contribution in [2.45, 2.75) is 24.8 Å². The molecule has 3 aromatic rings. The SMILES string of the molecule is [2H]C1([2H])CC(c2cnc(N)c(-c3ccc(C(=O)N[C@H](CO)c4ccccc4)cc3)n2)CC([2H])([2H])O1. The van der Waals surface area contributed by atoms with Crippen molar-refractivity contribution in [1.29, 1.82) is 0 Å². The number of nitrogens with two attached hydrogens (primary N) is 1. The molecule has 160 valence electrons. The van der Waals surface area contributed by atoms with Crippen molar-refractivity contribution in [1.82, 2.24) is 15.3 Å². The molecule has 1 amide bonds. The van der Waals surface area contributed by atoms with Crippen LogP contribution < -0.4 is 11.1 Å². The zero-order valence-corrected chi connectivity index (χ0v) is 16.8. The molecular formula is C24H26N4O3. The zero-order valence-electron chi connectivity index (χ0n) is 20.8. The Hall–Kier alpha value is -3.29. The Kier molecular flexibility index (Phi) is 5.12. The summed E-state index contributed by atoms with van der Waals surface area (Å²) in [5, 5.41) is 12.5. The van der Waals surface area contributed by atoms with Crippen LogP contribution in [0.4, 0.5) is 5.82 Å². The molecule has 1 saturated heterocycles. The lowest BCUT2D eigenvalue weighted by Gasteiger charge is -2.22. The smallest absolute Gasteiger partial charge is 0.251 e. The molecule has 0 radical (unpaired) electrons. The molecular weight excluding hydrogens is 392 g/mol. The van der Waals surface area contributed by atoms with Crippen LogP contribution in [-0.2, 0) is 4.74 Å². The normalized spacial score (nSPS) is 20.5. The van der Waals surface area contributed by atoms with E-state index in [1.54, 1.807) is 24.3 Å². The molecule has 7 heteroatoms. The molecule has 1 aromatic heterocycles. The van der Waals surface area contributed by atoms with Crippen LogP contribution in [0.3, 0.4) is 0 Å². The molecule has 2 aromatic carbocycles. The van der Waals surface area contributed by atoms with Gasteiger partial charge in [-0.25, -0.2) is 9.97 Å². The van der Waals surface area contributed by atoms with Gasteiger partial charge in [0.2, 0.25) is 0 Å². The molecule has 1 fully saturated rings. The molecule has 0 saturated carbocycles. The van der Waals surface area contributed by atoms with Gasteiger partial charge in [0, 0.05) is 30.2 Å². The van der Waals surface area contributed by atoms with Crippen LogP contribution in [0.25, 0.3) is 11.3 Å². The number of aromatic nitrogens is 2. The third-order valence-electron chi connectivity index (χ3n) is 5.15. The maximum Gasteiger partial charge on any atom is 0.251 e. The number of hydrogen-bond acceptors (Lipinski definition) is 6. The van der Waals surface area contributed by atoms with Crippen molar-refractivity contribution in [3.05, 3.63) is 77.6 Å². The highest BCUT2D eigenvalue weighted by atomic mass is 16.5. The van der Waals surface area contributed by atoms with Gasteiger partial charge in [-0.05, 0) is 30.5 Å². The molecule has 1 aliphatic rings. The summed E-state index contributed by atoms with van der Waals surface area (Å²) in [5.74, 6) is -0.730. The largest absolute Gasteiger partial charge is 0.394 e. The Morgan fingerprint density at radius 2 is 1.90 bits per heavy atom. The molecule has 4 rings (SSSR count). The summed E-state index contributed by atoms with van der Waals surface area (Å²) < 4.78 is 36.4. The summed E-state index contributed by atoms with van der Waals surface area (Å²) in [4.78, 5) is 21.5. The van der Waals surface area contributed by atoms with E-state index in [0.29, 0.717) is 22.5 Å². The van der Waals surface area contributed by atoms with Crippen LogP contribution in [0.1, 0.15) is 51.9 Å². The fourth-order valence-corrected chi connectivity index (χ4v) is 3.38. The monoisotopic (exact) mass is 422 g/mol. The first kappa shape index (κ1) is 16.4. The fraction of sp³-hybridized carbons (Fsp3) is 0.292. The summed E-state index contributed by atoms with van der Waals surface area (Å²) in [6.07, 6.45) is 1.32. The summed E-state index contributed by atoms with van der Waals surface area (Å²) in [6, 6.07) is 15.2. The minimum Gasteiger partial charge on any atom is -0.394 e. The van der Waals surface area contributed by atoms with Gasteiger partial charge in [0.25, 0.3) is 5.91 Å². The molecule has 4 N–H and O–H groups in total. The highest BCUT2D eigenvalue weighted by Gasteiger charge is 2.20. The first-order chi connectivity index (χ1) is 16.6. The number of anilines is 1. The number of nitrogens with zero attached hydrogens (tertiary/aromatic N) is 2. The zero-order chi connectivity index (χ0) is 25.2. The molecule has 0 bridgehead atoms. The van der Waals surface area contributed by atoms with E-state index in [1.807, 2.05) is 30.3 Å². The number of amides is 1. The first-order valence-corrected chi connectivity index (χ1v) is 9.96. The van der Waals surface area contributed by atoms with Gasteiger partial charge in [0.15, 0.2) is 0 Å².